The Hall–Kier alpha value is -2.13. The van der Waals surface area contributed by atoms with Gasteiger partial charge in [-0.1, -0.05) is 42.8 Å². The molecule has 0 amide bonds. The summed E-state index contributed by atoms with van der Waals surface area (Å²) in [6.45, 7) is 3.92. The van der Waals surface area contributed by atoms with Crippen LogP contribution in [-0.2, 0) is 6.42 Å². The van der Waals surface area contributed by atoms with Crippen molar-refractivity contribution in [2.45, 2.75) is 20.3 Å². The van der Waals surface area contributed by atoms with E-state index in [1.165, 1.54) is 5.56 Å². The Morgan fingerprint density at radius 3 is 2.52 bits per heavy atom. The second-order valence-electron chi connectivity index (χ2n) is 4.73. The Balaban J connectivity index is 2.06. The van der Waals surface area contributed by atoms with Crippen LogP contribution in [0.5, 0.6) is 0 Å². The van der Waals surface area contributed by atoms with E-state index in [0.29, 0.717) is 16.4 Å². The molecule has 21 heavy (non-hydrogen) atoms. The molecule has 1 heterocycles. The molecule has 4 heteroatoms. The molecule has 108 valence electrons. The fourth-order valence-electron chi connectivity index (χ4n) is 1.87. The Bertz CT molecular complexity index is 645. The molecule has 0 spiro atoms. The lowest BCUT2D eigenvalue weighted by atomic mass is 10.1. The SMILES string of the molecule is CCc1ccc(C(=O)/C=C(/C)Nc2ccc(Cl)cn2)cc1. The summed E-state index contributed by atoms with van der Waals surface area (Å²) in [6, 6.07) is 11.2. The number of anilines is 1. The van der Waals surface area contributed by atoms with Crippen LogP contribution in [0.1, 0.15) is 29.8 Å². The molecular formula is C17H17ClN2O. The summed E-state index contributed by atoms with van der Waals surface area (Å²) < 4.78 is 0. The monoisotopic (exact) mass is 300 g/mol. The van der Waals surface area contributed by atoms with E-state index in [9.17, 15) is 4.79 Å². The minimum Gasteiger partial charge on any atom is -0.344 e. The van der Waals surface area contributed by atoms with Crippen molar-refractivity contribution in [3.8, 4) is 0 Å². The van der Waals surface area contributed by atoms with Gasteiger partial charge in [-0.3, -0.25) is 4.79 Å². The Labute approximate surface area is 129 Å². The summed E-state index contributed by atoms with van der Waals surface area (Å²) in [6.07, 6.45) is 4.09. The molecule has 0 unspecified atom stereocenters. The van der Waals surface area contributed by atoms with Crippen molar-refractivity contribution in [2.75, 3.05) is 5.32 Å². The van der Waals surface area contributed by atoms with Crippen molar-refractivity contribution in [1.82, 2.24) is 4.98 Å². The quantitative estimate of drug-likeness (QED) is 0.653. The predicted octanol–water partition coefficient (Wildman–Crippen LogP) is 4.50. The molecule has 0 aliphatic rings. The van der Waals surface area contributed by atoms with Gasteiger partial charge in [0.25, 0.3) is 0 Å². The van der Waals surface area contributed by atoms with Gasteiger partial charge >= 0.3 is 0 Å². The van der Waals surface area contributed by atoms with Crippen molar-refractivity contribution >= 4 is 23.2 Å². The molecule has 0 fully saturated rings. The molecule has 3 nitrogen and oxygen atoms in total. The molecule has 0 radical (unpaired) electrons. The maximum atomic E-state index is 12.1. The highest BCUT2D eigenvalue weighted by Gasteiger charge is 2.03. The second kappa shape index (κ2) is 7.04. The van der Waals surface area contributed by atoms with Gasteiger partial charge in [-0.2, -0.15) is 0 Å². The zero-order chi connectivity index (χ0) is 15.2. The van der Waals surface area contributed by atoms with E-state index in [0.717, 1.165) is 12.1 Å². The Morgan fingerprint density at radius 1 is 1.24 bits per heavy atom. The first kappa shape index (κ1) is 15.3. The lowest BCUT2D eigenvalue weighted by Crippen LogP contribution is -2.02. The number of aromatic nitrogens is 1. The summed E-state index contributed by atoms with van der Waals surface area (Å²) >= 11 is 5.78. The summed E-state index contributed by atoms with van der Waals surface area (Å²) in [5.74, 6) is 0.624. The average molecular weight is 301 g/mol. The van der Waals surface area contributed by atoms with Crippen LogP contribution in [0, 0.1) is 0 Å². The maximum absolute atomic E-state index is 12.1. The van der Waals surface area contributed by atoms with Crippen LogP contribution >= 0.6 is 11.6 Å². The minimum atomic E-state index is -0.0309. The van der Waals surface area contributed by atoms with Gasteiger partial charge < -0.3 is 5.32 Å². The summed E-state index contributed by atoms with van der Waals surface area (Å²) in [5.41, 5.74) is 2.63. The first-order chi connectivity index (χ1) is 10.1. The Kier molecular flexibility index (Phi) is 5.12. The summed E-state index contributed by atoms with van der Waals surface area (Å²) in [7, 11) is 0. The van der Waals surface area contributed by atoms with Crippen LogP contribution in [0.3, 0.4) is 0 Å². The standard InChI is InChI=1S/C17H17ClN2O/c1-3-13-4-6-14(7-5-13)16(21)10-12(2)20-17-9-8-15(18)11-19-17/h4-11H,3H2,1-2H3,(H,19,20)/b12-10-. The minimum absolute atomic E-state index is 0.0309. The van der Waals surface area contributed by atoms with Crippen LogP contribution in [0.15, 0.2) is 54.4 Å². The van der Waals surface area contributed by atoms with Crippen LogP contribution in [0.25, 0.3) is 0 Å². The number of rotatable bonds is 5. The molecule has 0 aliphatic heterocycles. The number of ketones is 1. The zero-order valence-electron chi connectivity index (χ0n) is 12.1. The van der Waals surface area contributed by atoms with Crippen LogP contribution < -0.4 is 5.32 Å². The topological polar surface area (TPSA) is 42.0 Å². The average Bonchev–Trinajstić information content (AvgIpc) is 2.49. The molecule has 1 aromatic heterocycles. The number of pyridine rings is 1. The van der Waals surface area contributed by atoms with Gasteiger partial charge in [-0.25, -0.2) is 4.98 Å². The molecule has 2 rings (SSSR count). The normalized spacial score (nSPS) is 11.3. The highest BCUT2D eigenvalue weighted by molar-refractivity contribution is 6.30. The fraction of sp³-hybridized carbons (Fsp3) is 0.176. The maximum Gasteiger partial charge on any atom is 0.187 e. The van der Waals surface area contributed by atoms with Crippen LogP contribution in [0.2, 0.25) is 5.02 Å². The number of halogens is 1. The third-order valence-corrected chi connectivity index (χ3v) is 3.27. The van der Waals surface area contributed by atoms with E-state index >= 15 is 0 Å². The van der Waals surface area contributed by atoms with Gasteiger partial charge in [-0.05, 0) is 31.0 Å². The van der Waals surface area contributed by atoms with E-state index in [1.807, 2.05) is 31.2 Å². The number of nitrogens with zero attached hydrogens (tertiary/aromatic N) is 1. The number of allylic oxidation sites excluding steroid dienone is 2. The summed E-state index contributed by atoms with van der Waals surface area (Å²) in [4.78, 5) is 16.3. The van der Waals surface area contributed by atoms with Crippen LogP contribution in [0.4, 0.5) is 5.82 Å². The van der Waals surface area contributed by atoms with E-state index in [4.69, 9.17) is 11.6 Å². The molecule has 0 saturated carbocycles. The highest BCUT2D eigenvalue weighted by atomic mass is 35.5. The van der Waals surface area contributed by atoms with Gasteiger partial charge in [0.1, 0.15) is 5.82 Å². The van der Waals surface area contributed by atoms with Gasteiger partial charge in [-0.15, -0.1) is 0 Å². The van der Waals surface area contributed by atoms with Crippen molar-refractivity contribution in [1.29, 1.82) is 0 Å². The molecular weight excluding hydrogens is 284 g/mol. The van der Waals surface area contributed by atoms with Crippen molar-refractivity contribution in [2.24, 2.45) is 0 Å². The van der Waals surface area contributed by atoms with E-state index in [2.05, 4.69) is 17.2 Å². The number of hydrogen-bond donors (Lipinski definition) is 1. The molecule has 0 aliphatic carbocycles. The number of nitrogens with one attached hydrogen (secondary N) is 1. The second-order valence-corrected chi connectivity index (χ2v) is 5.17. The zero-order valence-corrected chi connectivity index (χ0v) is 12.8. The number of aryl methyl sites for hydroxylation is 1. The van der Waals surface area contributed by atoms with Gasteiger partial charge in [0.2, 0.25) is 0 Å². The van der Waals surface area contributed by atoms with E-state index < -0.39 is 0 Å². The predicted molar refractivity (Wildman–Crippen MR) is 86.8 cm³/mol. The number of carbonyl (C=O) groups is 1. The van der Waals surface area contributed by atoms with Crippen molar-refractivity contribution in [3.63, 3.8) is 0 Å². The van der Waals surface area contributed by atoms with Crippen molar-refractivity contribution in [3.05, 3.63) is 70.5 Å². The molecule has 2 aromatic rings. The number of benzene rings is 1. The highest BCUT2D eigenvalue weighted by Crippen LogP contribution is 2.12. The van der Waals surface area contributed by atoms with Gasteiger partial charge in [0.15, 0.2) is 5.78 Å². The van der Waals surface area contributed by atoms with Crippen LogP contribution in [-0.4, -0.2) is 10.8 Å². The molecule has 1 aromatic carbocycles. The largest absolute Gasteiger partial charge is 0.344 e. The molecule has 0 bridgehead atoms. The van der Waals surface area contributed by atoms with Crippen molar-refractivity contribution < 1.29 is 4.79 Å². The first-order valence-electron chi connectivity index (χ1n) is 6.78. The van der Waals surface area contributed by atoms with Gasteiger partial charge in [0, 0.05) is 23.5 Å². The molecule has 0 atom stereocenters. The van der Waals surface area contributed by atoms with E-state index in [1.54, 1.807) is 24.4 Å². The number of hydrogen-bond acceptors (Lipinski definition) is 3. The molecule has 1 N–H and O–H groups in total. The van der Waals surface area contributed by atoms with Gasteiger partial charge in [0.05, 0.1) is 5.02 Å². The lowest BCUT2D eigenvalue weighted by Gasteiger charge is -2.05. The third kappa shape index (κ3) is 4.43. The lowest BCUT2D eigenvalue weighted by molar-refractivity contribution is 0.104. The summed E-state index contributed by atoms with van der Waals surface area (Å²) in [5, 5.41) is 3.64. The molecule has 0 saturated heterocycles. The van der Waals surface area contributed by atoms with E-state index in [-0.39, 0.29) is 5.78 Å². The Morgan fingerprint density at radius 2 is 1.95 bits per heavy atom. The smallest absolute Gasteiger partial charge is 0.187 e. The fourth-order valence-corrected chi connectivity index (χ4v) is 1.98. The number of carbonyl (C=O) groups excluding carboxylic acids is 1. The third-order valence-electron chi connectivity index (χ3n) is 3.05. The first-order valence-corrected chi connectivity index (χ1v) is 7.16.